The molecule has 0 radical (unpaired) electrons. The molecule has 5 heteroatoms. The first kappa shape index (κ1) is 17.2. The Kier molecular flexibility index (Phi) is 5.46. The van der Waals surface area contributed by atoms with Crippen molar-refractivity contribution in [3.63, 3.8) is 0 Å². The lowest BCUT2D eigenvalue weighted by atomic mass is 10.1. The highest BCUT2D eigenvalue weighted by Gasteiger charge is 2.13. The van der Waals surface area contributed by atoms with Crippen LogP contribution in [0.25, 0.3) is 11.0 Å². The number of rotatable bonds is 7. The van der Waals surface area contributed by atoms with Gasteiger partial charge in [-0.05, 0) is 30.5 Å². The fourth-order valence-electron chi connectivity index (χ4n) is 2.97. The molecule has 2 aromatic carbocycles. The Morgan fingerprint density at radius 3 is 2.64 bits per heavy atom. The van der Waals surface area contributed by atoms with Gasteiger partial charge in [-0.1, -0.05) is 42.5 Å². The first-order chi connectivity index (χ1) is 12.1. The van der Waals surface area contributed by atoms with Crippen LogP contribution in [0.5, 0.6) is 0 Å². The first-order valence-corrected chi connectivity index (χ1v) is 8.62. The molecule has 0 fully saturated rings. The highest BCUT2D eigenvalue weighted by molar-refractivity contribution is 5.81. The minimum atomic E-state index is -0.516. The summed E-state index contributed by atoms with van der Waals surface area (Å²) >= 11 is 0. The number of hydrogen-bond acceptors (Lipinski definition) is 3. The molecule has 5 nitrogen and oxygen atoms in total. The van der Waals surface area contributed by atoms with E-state index in [1.807, 2.05) is 55.6 Å². The van der Waals surface area contributed by atoms with Gasteiger partial charge in [0.2, 0.25) is 5.91 Å². The first-order valence-electron chi connectivity index (χ1n) is 8.62. The third-order valence-electron chi connectivity index (χ3n) is 4.39. The van der Waals surface area contributed by atoms with E-state index in [4.69, 9.17) is 5.73 Å². The molecule has 3 rings (SSSR count). The van der Waals surface area contributed by atoms with Crippen LogP contribution in [-0.4, -0.2) is 28.0 Å². The zero-order chi connectivity index (χ0) is 17.6. The minimum absolute atomic E-state index is 0.103. The number of nitrogens with zero attached hydrogens (tertiary/aromatic N) is 2. The van der Waals surface area contributed by atoms with Gasteiger partial charge in [0, 0.05) is 20.0 Å². The number of carbonyl (C=O) groups is 1. The predicted molar refractivity (Wildman–Crippen MR) is 100 cm³/mol. The monoisotopic (exact) mass is 336 g/mol. The Labute approximate surface area is 147 Å². The topological polar surface area (TPSA) is 72.9 Å². The molecule has 0 saturated heterocycles. The van der Waals surface area contributed by atoms with Gasteiger partial charge >= 0.3 is 0 Å². The number of imidazole rings is 1. The van der Waals surface area contributed by atoms with Crippen molar-refractivity contribution in [2.75, 3.05) is 6.54 Å². The van der Waals surface area contributed by atoms with E-state index >= 15 is 0 Å². The number of nitrogens with one attached hydrogen (secondary N) is 1. The largest absolute Gasteiger partial charge is 0.355 e. The fraction of sp³-hybridized carbons (Fsp3) is 0.300. The van der Waals surface area contributed by atoms with Crippen LogP contribution in [0.15, 0.2) is 54.6 Å². The number of nitrogens with two attached hydrogens (primary N) is 1. The number of aryl methyl sites for hydroxylation is 2. The van der Waals surface area contributed by atoms with Gasteiger partial charge in [0.15, 0.2) is 0 Å². The molecule has 0 aliphatic rings. The van der Waals surface area contributed by atoms with Crippen LogP contribution in [0.3, 0.4) is 0 Å². The van der Waals surface area contributed by atoms with Crippen molar-refractivity contribution in [3.05, 3.63) is 66.0 Å². The van der Waals surface area contributed by atoms with Crippen LogP contribution in [-0.2, 0) is 24.7 Å². The molecule has 0 aliphatic heterocycles. The van der Waals surface area contributed by atoms with Crippen LogP contribution in [0.1, 0.15) is 17.8 Å². The molecule has 0 saturated carbocycles. The Bertz CT molecular complexity index is 841. The average Bonchev–Trinajstić information content (AvgIpc) is 2.95. The lowest BCUT2D eigenvalue weighted by Gasteiger charge is -2.12. The Morgan fingerprint density at radius 1 is 1.16 bits per heavy atom. The van der Waals surface area contributed by atoms with E-state index in [1.54, 1.807) is 0 Å². The number of aromatic nitrogens is 2. The van der Waals surface area contributed by atoms with Gasteiger partial charge in [0.1, 0.15) is 5.82 Å². The van der Waals surface area contributed by atoms with Gasteiger partial charge in [0.05, 0.1) is 17.1 Å². The highest BCUT2D eigenvalue weighted by atomic mass is 16.2. The molecule has 130 valence electrons. The van der Waals surface area contributed by atoms with E-state index < -0.39 is 6.04 Å². The summed E-state index contributed by atoms with van der Waals surface area (Å²) in [6.07, 6.45) is 2.21. The van der Waals surface area contributed by atoms with Crippen LogP contribution < -0.4 is 11.1 Å². The van der Waals surface area contributed by atoms with Gasteiger partial charge in [-0.3, -0.25) is 4.79 Å². The van der Waals surface area contributed by atoms with Crippen molar-refractivity contribution in [2.24, 2.45) is 12.8 Å². The molecule has 3 N–H and O–H groups in total. The molecule has 3 aromatic rings. The number of para-hydroxylation sites is 2. The lowest BCUT2D eigenvalue weighted by Crippen LogP contribution is -2.42. The highest BCUT2D eigenvalue weighted by Crippen LogP contribution is 2.15. The van der Waals surface area contributed by atoms with Gasteiger partial charge in [0.25, 0.3) is 0 Å². The molecule has 1 aromatic heterocycles. The summed E-state index contributed by atoms with van der Waals surface area (Å²) in [6, 6.07) is 17.4. The van der Waals surface area contributed by atoms with E-state index in [-0.39, 0.29) is 5.91 Å². The molecule has 1 heterocycles. The van der Waals surface area contributed by atoms with E-state index in [0.29, 0.717) is 13.0 Å². The second kappa shape index (κ2) is 7.94. The van der Waals surface area contributed by atoms with Crippen LogP contribution in [0, 0.1) is 0 Å². The minimum Gasteiger partial charge on any atom is -0.355 e. The van der Waals surface area contributed by atoms with Crippen LogP contribution >= 0.6 is 0 Å². The Morgan fingerprint density at radius 2 is 1.88 bits per heavy atom. The van der Waals surface area contributed by atoms with E-state index in [9.17, 15) is 4.79 Å². The van der Waals surface area contributed by atoms with Gasteiger partial charge in [-0.2, -0.15) is 0 Å². The maximum absolute atomic E-state index is 12.1. The molecule has 0 spiro atoms. The van der Waals surface area contributed by atoms with Gasteiger partial charge in [-0.15, -0.1) is 0 Å². The molecule has 0 bridgehead atoms. The van der Waals surface area contributed by atoms with Crippen molar-refractivity contribution in [2.45, 2.75) is 25.3 Å². The summed E-state index contributed by atoms with van der Waals surface area (Å²) in [4.78, 5) is 16.8. The van der Waals surface area contributed by atoms with E-state index in [1.165, 1.54) is 0 Å². The molecule has 1 unspecified atom stereocenters. The van der Waals surface area contributed by atoms with Gasteiger partial charge in [-0.25, -0.2) is 4.98 Å². The number of fused-ring (bicyclic) bond motifs is 1. The van der Waals surface area contributed by atoms with E-state index in [0.717, 1.165) is 35.3 Å². The van der Waals surface area contributed by atoms with Gasteiger partial charge < -0.3 is 15.6 Å². The second-order valence-corrected chi connectivity index (χ2v) is 6.27. The lowest BCUT2D eigenvalue weighted by molar-refractivity contribution is -0.122. The predicted octanol–water partition coefficient (Wildman–Crippen LogP) is 2.19. The zero-order valence-corrected chi connectivity index (χ0v) is 14.5. The molecule has 25 heavy (non-hydrogen) atoms. The number of amides is 1. The van der Waals surface area contributed by atoms with Crippen LogP contribution in [0.4, 0.5) is 0 Å². The molecule has 0 aliphatic carbocycles. The zero-order valence-electron chi connectivity index (χ0n) is 14.5. The van der Waals surface area contributed by atoms with Crippen LogP contribution in [0.2, 0.25) is 0 Å². The summed E-state index contributed by atoms with van der Waals surface area (Å²) in [7, 11) is 2.03. The standard InChI is InChI=1S/C20H24N4O/c1-24-18-11-6-5-10-17(18)23-19(24)12-7-13-22-20(25)16(21)14-15-8-3-2-4-9-15/h2-6,8-11,16H,7,12-14,21H2,1H3,(H,22,25). The normalized spacial score (nSPS) is 12.2. The Hall–Kier alpha value is -2.66. The maximum Gasteiger partial charge on any atom is 0.237 e. The SMILES string of the molecule is Cn1c(CCCNC(=O)C(N)Cc2ccccc2)nc2ccccc21. The van der Waals surface area contributed by atoms with Crippen molar-refractivity contribution in [1.82, 2.24) is 14.9 Å². The Balaban J connectivity index is 1.46. The average molecular weight is 336 g/mol. The third kappa shape index (κ3) is 4.25. The number of carbonyl (C=O) groups excluding carboxylic acids is 1. The van der Waals surface area contributed by atoms with Crippen molar-refractivity contribution in [3.8, 4) is 0 Å². The summed E-state index contributed by atoms with van der Waals surface area (Å²) in [6.45, 7) is 0.602. The summed E-state index contributed by atoms with van der Waals surface area (Å²) in [5.41, 5.74) is 9.20. The quantitative estimate of drug-likeness (QED) is 0.650. The summed E-state index contributed by atoms with van der Waals surface area (Å²) in [5.74, 6) is 0.929. The maximum atomic E-state index is 12.1. The second-order valence-electron chi connectivity index (χ2n) is 6.27. The van der Waals surface area contributed by atoms with Crippen molar-refractivity contribution >= 4 is 16.9 Å². The molecule has 1 amide bonds. The summed E-state index contributed by atoms with van der Waals surface area (Å²) < 4.78 is 2.11. The number of benzene rings is 2. The smallest absolute Gasteiger partial charge is 0.237 e. The fourth-order valence-corrected chi connectivity index (χ4v) is 2.97. The van der Waals surface area contributed by atoms with E-state index in [2.05, 4.69) is 20.9 Å². The summed E-state index contributed by atoms with van der Waals surface area (Å²) in [5, 5.41) is 2.93. The molecule has 1 atom stereocenters. The van der Waals surface area contributed by atoms with Crippen molar-refractivity contribution in [1.29, 1.82) is 0 Å². The molecular formula is C20H24N4O. The van der Waals surface area contributed by atoms with Crippen molar-refractivity contribution < 1.29 is 4.79 Å². The molecular weight excluding hydrogens is 312 g/mol. The third-order valence-corrected chi connectivity index (χ3v) is 4.39. The number of hydrogen-bond donors (Lipinski definition) is 2.